The summed E-state index contributed by atoms with van der Waals surface area (Å²) in [7, 11) is 0. The van der Waals surface area contributed by atoms with E-state index in [-0.39, 0.29) is 26.9 Å². The van der Waals surface area contributed by atoms with Gasteiger partial charge in [-0.05, 0) is 35.4 Å². The molecule has 0 aliphatic heterocycles. The predicted octanol–water partition coefficient (Wildman–Crippen LogP) is 5.49. The Morgan fingerprint density at radius 1 is 0.921 bits per heavy atom. The molecule has 0 fully saturated rings. The van der Waals surface area contributed by atoms with Crippen molar-refractivity contribution in [3.8, 4) is 0 Å². The van der Waals surface area contributed by atoms with Gasteiger partial charge in [-0.3, -0.25) is 15.0 Å². The quantitative estimate of drug-likeness (QED) is 0.209. The number of hydrogen-bond acceptors (Lipinski definition) is 5. The first kappa shape index (κ1) is 25.7. The van der Waals surface area contributed by atoms with Gasteiger partial charge in [-0.1, -0.05) is 102 Å². The molecule has 1 amide bonds. The van der Waals surface area contributed by atoms with E-state index in [2.05, 4.69) is 10.4 Å². The minimum Gasteiger partial charge on any atom is -0.372 e. The highest BCUT2D eigenvalue weighted by molar-refractivity contribution is 7.98. The predicted molar refractivity (Wildman–Crippen MR) is 147 cm³/mol. The summed E-state index contributed by atoms with van der Waals surface area (Å²) in [6.45, 7) is 0. The van der Waals surface area contributed by atoms with Crippen molar-refractivity contribution in [3.05, 3.63) is 141 Å². The van der Waals surface area contributed by atoms with E-state index in [0.29, 0.717) is 16.6 Å². The first-order valence-electron chi connectivity index (χ1n) is 11.6. The van der Waals surface area contributed by atoms with E-state index in [1.54, 1.807) is 91.0 Å². The number of rotatable bonds is 7. The highest BCUT2D eigenvalue weighted by Gasteiger charge is 2.40. The standard InChI is InChI=1S/C29H21ClFN3O3S/c30-23-15-9-16-24(31)22(23)18-38-28-32-25-17-8-7-14-21(25)26(35)34(28)33-27(36)29(37,19-10-3-1-4-11-19)20-12-5-2-6-13-20/h1-17,37H,18H2,(H,33,36). The Morgan fingerprint density at radius 3 is 2.16 bits per heavy atom. The van der Waals surface area contributed by atoms with E-state index in [0.717, 1.165) is 16.4 Å². The summed E-state index contributed by atoms with van der Waals surface area (Å²) < 4.78 is 15.4. The molecule has 5 rings (SSSR count). The van der Waals surface area contributed by atoms with Crippen molar-refractivity contribution in [2.24, 2.45) is 0 Å². The Labute approximate surface area is 226 Å². The molecule has 0 unspecified atom stereocenters. The molecule has 0 aliphatic rings. The van der Waals surface area contributed by atoms with Gasteiger partial charge in [0.25, 0.3) is 11.5 Å². The monoisotopic (exact) mass is 545 g/mol. The largest absolute Gasteiger partial charge is 0.372 e. The smallest absolute Gasteiger partial charge is 0.281 e. The van der Waals surface area contributed by atoms with Crippen LogP contribution in [0, 0.1) is 5.82 Å². The van der Waals surface area contributed by atoms with Crippen molar-refractivity contribution in [2.45, 2.75) is 16.5 Å². The van der Waals surface area contributed by atoms with Crippen molar-refractivity contribution < 1.29 is 14.3 Å². The first-order valence-corrected chi connectivity index (χ1v) is 13.0. The van der Waals surface area contributed by atoms with E-state index in [4.69, 9.17) is 11.6 Å². The van der Waals surface area contributed by atoms with Gasteiger partial charge >= 0.3 is 0 Å². The molecule has 0 saturated heterocycles. The SMILES string of the molecule is O=C(Nn1c(SCc2c(F)cccc2Cl)nc2ccccc2c1=O)C(O)(c1ccccc1)c1ccccc1. The molecule has 0 aliphatic carbocycles. The van der Waals surface area contributed by atoms with E-state index in [1.807, 2.05) is 0 Å². The molecule has 1 aromatic heterocycles. The molecule has 4 aromatic carbocycles. The lowest BCUT2D eigenvalue weighted by Crippen LogP contribution is -2.47. The summed E-state index contributed by atoms with van der Waals surface area (Å²) in [4.78, 5) is 31.9. The molecular weight excluding hydrogens is 525 g/mol. The maximum atomic E-state index is 14.4. The van der Waals surface area contributed by atoms with Crippen LogP contribution < -0.4 is 11.0 Å². The van der Waals surface area contributed by atoms with Crippen LogP contribution in [0.2, 0.25) is 5.02 Å². The van der Waals surface area contributed by atoms with Crippen LogP contribution in [0.15, 0.2) is 113 Å². The van der Waals surface area contributed by atoms with Crippen LogP contribution in [0.5, 0.6) is 0 Å². The van der Waals surface area contributed by atoms with Crippen LogP contribution in [0.4, 0.5) is 4.39 Å². The normalized spacial score (nSPS) is 11.4. The van der Waals surface area contributed by atoms with Gasteiger partial charge in [-0.25, -0.2) is 9.37 Å². The summed E-state index contributed by atoms with van der Waals surface area (Å²) >= 11 is 7.23. The third-order valence-corrected chi connectivity index (χ3v) is 7.40. The van der Waals surface area contributed by atoms with Gasteiger partial charge in [0.2, 0.25) is 0 Å². The van der Waals surface area contributed by atoms with Crippen molar-refractivity contribution in [3.63, 3.8) is 0 Å². The van der Waals surface area contributed by atoms with Gasteiger partial charge in [0.05, 0.1) is 10.9 Å². The number of para-hydroxylation sites is 1. The number of nitrogens with one attached hydrogen (secondary N) is 1. The summed E-state index contributed by atoms with van der Waals surface area (Å²) in [5.74, 6) is -1.31. The molecule has 0 atom stereocenters. The minimum absolute atomic E-state index is 0.0494. The minimum atomic E-state index is -2.12. The zero-order valence-electron chi connectivity index (χ0n) is 19.8. The average Bonchev–Trinajstić information content (AvgIpc) is 2.95. The Bertz CT molecular complexity index is 1620. The van der Waals surface area contributed by atoms with Crippen LogP contribution in [-0.2, 0) is 16.1 Å². The Morgan fingerprint density at radius 2 is 1.53 bits per heavy atom. The zero-order chi connectivity index (χ0) is 26.7. The highest BCUT2D eigenvalue weighted by atomic mass is 35.5. The highest BCUT2D eigenvalue weighted by Crippen LogP contribution is 2.31. The summed E-state index contributed by atoms with van der Waals surface area (Å²) in [6.07, 6.45) is 0. The fourth-order valence-electron chi connectivity index (χ4n) is 4.08. The number of nitrogens with zero attached hydrogens (tertiary/aromatic N) is 2. The average molecular weight is 546 g/mol. The van der Waals surface area contributed by atoms with E-state index in [9.17, 15) is 19.1 Å². The van der Waals surface area contributed by atoms with E-state index < -0.39 is 22.9 Å². The third-order valence-electron chi connectivity index (χ3n) is 6.08. The fourth-order valence-corrected chi connectivity index (χ4v) is 5.38. The number of carbonyl (C=O) groups excluding carboxylic acids is 1. The Kier molecular flexibility index (Phi) is 7.28. The van der Waals surface area contributed by atoms with Gasteiger partial charge in [0.15, 0.2) is 10.8 Å². The van der Waals surface area contributed by atoms with Gasteiger partial charge in [0, 0.05) is 16.3 Å². The molecule has 0 radical (unpaired) electrons. The van der Waals surface area contributed by atoms with Crippen LogP contribution in [0.1, 0.15) is 16.7 Å². The molecular formula is C29H21ClFN3O3S. The van der Waals surface area contributed by atoms with Crippen LogP contribution >= 0.6 is 23.4 Å². The molecule has 6 nitrogen and oxygen atoms in total. The van der Waals surface area contributed by atoms with Gasteiger partial charge in [-0.15, -0.1) is 0 Å². The molecule has 190 valence electrons. The molecule has 0 saturated carbocycles. The number of fused-ring (bicyclic) bond motifs is 1. The summed E-state index contributed by atoms with van der Waals surface area (Å²) in [6, 6.07) is 28.0. The van der Waals surface area contributed by atoms with Crippen LogP contribution in [0.3, 0.4) is 0 Å². The van der Waals surface area contributed by atoms with Crippen LogP contribution in [0.25, 0.3) is 10.9 Å². The number of thioether (sulfide) groups is 1. The number of hydrogen-bond donors (Lipinski definition) is 2. The number of benzene rings is 4. The molecule has 5 aromatic rings. The second-order valence-electron chi connectivity index (χ2n) is 8.42. The molecule has 0 bridgehead atoms. The number of aliphatic hydroxyl groups is 1. The van der Waals surface area contributed by atoms with Crippen molar-refractivity contribution in [1.82, 2.24) is 9.66 Å². The maximum absolute atomic E-state index is 14.4. The molecule has 0 spiro atoms. The van der Waals surface area contributed by atoms with Crippen molar-refractivity contribution in [2.75, 3.05) is 5.43 Å². The van der Waals surface area contributed by atoms with Crippen molar-refractivity contribution in [1.29, 1.82) is 0 Å². The maximum Gasteiger partial charge on any atom is 0.281 e. The molecule has 9 heteroatoms. The summed E-state index contributed by atoms with van der Waals surface area (Å²) in [5.41, 5.74) is 1.20. The second kappa shape index (κ2) is 10.8. The molecule has 2 N–H and O–H groups in total. The number of halogens is 2. The number of amides is 1. The van der Waals surface area contributed by atoms with Crippen LogP contribution in [-0.4, -0.2) is 20.7 Å². The van der Waals surface area contributed by atoms with Gasteiger partial charge in [0.1, 0.15) is 5.82 Å². The second-order valence-corrected chi connectivity index (χ2v) is 9.77. The first-order chi connectivity index (χ1) is 18.4. The van der Waals surface area contributed by atoms with E-state index >= 15 is 0 Å². The molecule has 38 heavy (non-hydrogen) atoms. The number of carbonyl (C=O) groups is 1. The van der Waals surface area contributed by atoms with Gasteiger partial charge < -0.3 is 5.11 Å². The third kappa shape index (κ3) is 4.81. The number of aromatic nitrogens is 2. The lowest BCUT2D eigenvalue weighted by atomic mass is 9.85. The Balaban J connectivity index is 1.60. The topological polar surface area (TPSA) is 84.2 Å². The fraction of sp³-hybridized carbons (Fsp3) is 0.0690. The zero-order valence-corrected chi connectivity index (χ0v) is 21.4. The Hall–Kier alpha value is -3.98. The van der Waals surface area contributed by atoms with Crippen molar-refractivity contribution >= 4 is 40.2 Å². The van der Waals surface area contributed by atoms with E-state index in [1.165, 1.54) is 12.1 Å². The lowest BCUT2D eigenvalue weighted by Gasteiger charge is -2.28. The van der Waals surface area contributed by atoms with Gasteiger partial charge in [-0.2, -0.15) is 4.68 Å². The summed E-state index contributed by atoms with van der Waals surface area (Å²) in [5, 5.41) is 12.4. The molecule has 1 heterocycles. The lowest BCUT2D eigenvalue weighted by molar-refractivity contribution is -0.132.